The highest BCUT2D eigenvalue weighted by molar-refractivity contribution is 4.97. The number of unbranched alkanes of at least 4 members (excludes halogenated alkanes) is 2. The number of rotatable bonds is 8. The highest BCUT2D eigenvalue weighted by Gasteiger charge is 1.89. The van der Waals surface area contributed by atoms with E-state index in [1.807, 2.05) is 0 Å². The van der Waals surface area contributed by atoms with Crippen molar-refractivity contribution in [1.82, 2.24) is 5.32 Å². The number of allylic oxidation sites excluding steroid dienone is 1. The number of hydrogen-bond donors (Lipinski definition) is 1. The van der Waals surface area contributed by atoms with Gasteiger partial charge in [-0.1, -0.05) is 38.3 Å². The Hall–Kier alpha value is -0.300. The molecule has 0 aliphatic carbocycles. The fourth-order valence-corrected chi connectivity index (χ4v) is 1.35. The van der Waals surface area contributed by atoms with Gasteiger partial charge in [-0.3, -0.25) is 0 Å². The summed E-state index contributed by atoms with van der Waals surface area (Å²) in [6, 6.07) is 0. The summed E-state index contributed by atoms with van der Waals surface area (Å²) in [6.45, 7) is 8.87. The van der Waals surface area contributed by atoms with Crippen molar-refractivity contribution in [2.75, 3.05) is 13.1 Å². The third kappa shape index (κ3) is 9.62. The van der Waals surface area contributed by atoms with Gasteiger partial charge in [-0.2, -0.15) is 0 Å². The van der Waals surface area contributed by atoms with E-state index in [4.69, 9.17) is 0 Å². The standard InChI is InChI=1S/C12H25N/c1-4-6-7-9-12(3)10-8-11-13-5-2/h10,13H,4-9,11H2,1-3H3. The van der Waals surface area contributed by atoms with E-state index in [2.05, 4.69) is 32.2 Å². The molecule has 1 N–H and O–H groups in total. The molecule has 0 unspecified atom stereocenters. The largest absolute Gasteiger partial charge is 0.317 e. The van der Waals surface area contributed by atoms with E-state index in [1.54, 1.807) is 5.57 Å². The Bertz CT molecular complexity index is 127. The van der Waals surface area contributed by atoms with Crippen LogP contribution in [0.15, 0.2) is 11.6 Å². The molecule has 0 aromatic heterocycles. The molecule has 0 rings (SSSR count). The van der Waals surface area contributed by atoms with E-state index >= 15 is 0 Å². The van der Waals surface area contributed by atoms with Crippen LogP contribution in [0.3, 0.4) is 0 Å². The molecule has 0 saturated carbocycles. The first-order chi connectivity index (χ1) is 6.31. The van der Waals surface area contributed by atoms with Gasteiger partial charge in [-0.05, 0) is 39.3 Å². The van der Waals surface area contributed by atoms with Crippen molar-refractivity contribution in [2.45, 2.75) is 52.9 Å². The van der Waals surface area contributed by atoms with Crippen molar-refractivity contribution in [3.05, 3.63) is 11.6 Å². The molecular weight excluding hydrogens is 158 g/mol. The lowest BCUT2D eigenvalue weighted by molar-refractivity contribution is 0.701. The molecule has 0 bridgehead atoms. The SMILES string of the molecule is CCCCCC(C)=CCCNCC. The maximum atomic E-state index is 3.33. The summed E-state index contributed by atoms with van der Waals surface area (Å²) in [7, 11) is 0. The fourth-order valence-electron chi connectivity index (χ4n) is 1.35. The van der Waals surface area contributed by atoms with Crippen LogP contribution < -0.4 is 5.32 Å². The van der Waals surface area contributed by atoms with Gasteiger partial charge in [0.05, 0.1) is 0 Å². The van der Waals surface area contributed by atoms with Crippen molar-refractivity contribution in [2.24, 2.45) is 0 Å². The van der Waals surface area contributed by atoms with E-state index < -0.39 is 0 Å². The topological polar surface area (TPSA) is 12.0 Å². The lowest BCUT2D eigenvalue weighted by atomic mass is 10.1. The van der Waals surface area contributed by atoms with Crippen molar-refractivity contribution < 1.29 is 0 Å². The molecule has 0 atom stereocenters. The molecule has 0 saturated heterocycles. The monoisotopic (exact) mass is 183 g/mol. The molecule has 0 radical (unpaired) electrons. The van der Waals surface area contributed by atoms with Gasteiger partial charge in [0.15, 0.2) is 0 Å². The molecule has 78 valence electrons. The summed E-state index contributed by atoms with van der Waals surface area (Å²) in [4.78, 5) is 0. The normalized spacial score (nSPS) is 12.1. The molecule has 13 heavy (non-hydrogen) atoms. The average molecular weight is 183 g/mol. The molecule has 1 heteroatoms. The minimum Gasteiger partial charge on any atom is -0.317 e. The zero-order valence-electron chi connectivity index (χ0n) is 9.53. The second-order valence-corrected chi connectivity index (χ2v) is 3.65. The van der Waals surface area contributed by atoms with Gasteiger partial charge in [0, 0.05) is 0 Å². The second kappa shape index (κ2) is 9.79. The van der Waals surface area contributed by atoms with Crippen molar-refractivity contribution in [1.29, 1.82) is 0 Å². The van der Waals surface area contributed by atoms with Gasteiger partial charge in [-0.25, -0.2) is 0 Å². The highest BCUT2D eigenvalue weighted by Crippen LogP contribution is 2.08. The fraction of sp³-hybridized carbons (Fsp3) is 0.833. The summed E-state index contributed by atoms with van der Waals surface area (Å²) in [5.74, 6) is 0. The third-order valence-electron chi connectivity index (χ3n) is 2.24. The summed E-state index contributed by atoms with van der Waals surface area (Å²) in [5.41, 5.74) is 1.56. The Labute approximate surface area is 83.6 Å². The zero-order valence-corrected chi connectivity index (χ0v) is 9.53. The van der Waals surface area contributed by atoms with Crippen LogP contribution in [-0.4, -0.2) is 13.1 Å². The number of hydrogen-bond acceptors (Lipinski definition) is 1. The average Bonchev–Trinajstić information content (AvgIpc) is 2.13. The van der Waals surface area contributed by atoms with Crippen LogP contribution in [-0.2, 0) is 0 Å². The first-order valence-electron chi connectivity index (χ1n) is 5.67. The summed E-state index contributed by atoms with van der Waals surface area (Å²) in [5, 5.41) is 3.33. The van der Waals surface area contributed by atoms with Crippen LogP contribution >= 0.6 is 0 Å². The van der Waals surface area contributed by atoms with Gasteiger partial charge >= 0.3 is 0 Å². The smallest absolute Gasteiger partial charge is 0.00143 e. The lowest BCUT2D eigenvalue weighted by Crippen LogP contribution is -2.13. The van der Waals surface area contributed by atoms with Gasteiger partial charge < -0.3 is 5.32 Å². The van der Waals surface area contributed by atoms with Crippen LogP contribution in [0.4, 0.5) is 0 Å². The Morgan fingerprint density at radius 1 is 1.23 bits per heavy atom. The molecule has 0 aliphatic rings. The molecule has 0 aromatic rings. The molecule has 0 heterocycles. The Kier molecular flexibility index (Phi) is 9.56. The lowest BCUT2D eigenvalue weighted by Gasteiger charge is -2.01. The minimum absolute atomic E-state index is 1.09. The van der Waals surface area contributed by atoms with E-state index in [9.17, 15) is 0 Å². The predicted molar refractivity (Wildman–Crippen MR) is 61.1 cm³/mol. The maximum absolute atomic E-state index is 3.33. The zero-order chi connectivity index (χ0) is 9.94. The van der Waals surface area contributed by atoms with Crippen molar-refractivity contribution in [3.8, 4) is 0 Å². The summed E-state index contributed by atoms with van der Waals surface area (Å²) >= 11 is 0. The maximum Gasteiger partial charge on any atom is -0.00143 e. The molecule has 0 amide bonds. The van der Waals surface area contributed by atoms with Gasteiger partial charge in [0.2, 0.25) is 0 Å². The van der Waals surface area contributed by atoms with Crippen molar-refractivity contribution in [3.63, 3.8) is 0 Å². The van der Waals surface area contributed by atoms with Gasteiger partial charge in [0.1, 0.15) is 0 Å². The second-order valence-electron chi connectivity index (χ2n) is 3.65. The highest BCUT2D eigenvalue weighted by atomic mass is 14.8. The van der Waals surface area contributed by atoms with E-state index in [1.165, 1.54) is 32.1 Å². The summed E-state index contributed by atoms with van der Waals surface area (Å²) < 4.78 is 0. The molecule has 1 nitrogen and oxygen atoms in total. The molecule has 0 fully saturated rings. The minimum atomic E-state index is 1.09. The summed E-state index contributed by atoms with van der Waals surface area (Å²) in [6.07, 6.45) is 8.91. The van der Waals surface area contributed by atoms with E-state index in [0.29, 0.717) is 0 Å². The Balaban J connectivity index is 3.29. The molecule has 0 spiro atoms. The molecular formula is C12H25N. The van der Waals surface area contributed by atoms with Crippen LogP contribution in [0.2, 0.25) is 0 Å². The van der Waals surface area contributed by atoms with Gasteiger partial charge in [-0.15, -0.1) is 0 Å². The van der Waals surface area contributed by atoms with Crippen molar-refractivity contribution >= 4 is 0 Å². The first-order valence-corrected chi connectivity index (χ1v) is 5.67. The first kappa shape index (κ1) is 12.7. The van der Waals surface area contributed by atoms with Gasteiger partial charge in [0.25, 0.3) is 0 Å². The van der Waals surface area contributed by atoms with Crippen LogP contribution in [0.25, 0.3) is 0 Å². The Morgan fingerprint density at radius 3 is 2.62 bits per heavy atom. The molecule has 0 aromatic carbocycles. The number of nitrogens with one attached hydrogen (secondary N) is 1. The quantitative estimate of drug-likeness (QED) is 0.448. The van der Waals surface area contributed by atoms with Crippen LogP contribution in [0.1, 0.15) is 52.9 Å². The third-order valence-corrected chi connectivity index (χ3v) is 2.24. The van der Waals surface area contributed by atoms with Crippen LogP contribution in [0.5, 0.6) is 0 Å². The Morgan fingerprint density at radius 2 is 2.00 bits per heavy atom. The predicted octanol–water partition coefficient (Wildman–Crippen LogP) is 3.51. The van der Waals surface area contributed by atoms with E-state index in [0.717, 1.165) is 13.1 Å². The van der Waals surface area contributed by atoms with E-state index in [-0.39, 0.29) is 0 Å². The molecule has 0 aliphatic heterocycles. The van der Waals surface area contributed by atoms with Crippen LogP contribution in [0, 0.1) is 0 Å².